The van der Waals surface area contributed by atoms with Crippen LogP contribution < -0.4 is 17.0 Å². The molecule has 0 aliphatic carbocycles. The molecule has 8 nitrogen and oxygen atoms in total. The average Bonchev–Trinajstić information content (AvgIpc) is 3.10. The van der Waals surface area contributed by atoms with Crippen molar-refractivity contribution in [2.24, 2.45) is 0 Å². The molecule has 0 fully saturated rings. The third kappa shape index (κ3) is 3.13. The van der Waals surface area contributed by atoms with E-state index in [4.69, 9.17) is 11.5 Å². The first-order valence-corrected chi connectivity index (χ1v) is 7.94. The van der Waals surface area contributed by atoms with E-state index < -0.39 is 5.56 Å². The van der Waals surface area contributed by atoms with Crippen molar-refractivity contribution in [3.05, 3.63) is 71.0 Å². The lowest BCUT2D eigenvalue weighted by atomic mass is 10.0. The fourth-order valence-corrected chi connectivity index (χ4v) is 2.67. The van der Waals surface area contributed by atoms with Gasteiger partial charge >= 0.3 is 0 Å². The molecule has 0 amide bonds. The molecule has 0 unspecified atom stereocenters. The number of pyridine rings is 1. The molecule has 134 valence electrons. The molecular formula is C18H14FN7O. The average molecular weight is 363 g/mol. The molecule has 0 saturated carbocycles. The molecule has 0 bridgehead atoms. The largest absolute Gasteiger partial charge is 0.394 e. The van der Waals surface area contributed by atoms with Crippen LogP contribution in [0.25, 0.3) is 28.2 Å². The van der Waals surface area contributed by atoms with Crippen LogP contribution in [0.5, 0.6) is 0 Å². The number of benzene rings is 1. The highest BCUT2D eigenvalue weighted by atomic mass is 19.1. The number of aromatic nitrogens is 5. The van der Waals surface area contributed by atoms with Crippen molar-refractivity contribution in [1.82, 2.24) is 25.0 Å². The van der Waals surface area contributed by atoms with Crippen LogP contribution in [-0.4, -0.2) is 25.0 Å². The minimum absolute atomic E-state index is 0.0218. The summed E-state index contributed by atoms with van der Waals surface area (Å²) in [6.07, 6.45) is 3.32. The number of hydrogen-bond acceptors (Lipinski definition) is 6. The van der Waals surface area contributed by atoms with Crippen LogP contribution in [-0.2, 0) is 0 Å². The Morgan fingerprint density at radius 1 is 1.04 bits per heavy atom. The van der Waals surface area contributed by atoms with Gasteiger partial charge < -0.3 is 11.5 Å². The van der Waals surface area contributed by atoms with Gasteiger partial charge in [-0.1, -0.05) is 0 Å². The Kier molecular flexibility index (Phi) is 3.88. The summed E-state index contributed by atoms with van der Waals surface area (Å²) in [6, 6.07) is 10.9. The molecule has 0 aliphatic rings. The lowest BCUT2D eigenvalue weighted by molar-refractivity contribution is 0.628. The molecule has 3 aromatic heterocycles. The van der Waals surface area contributed by atoms with E-state index in [9.17, 15) is 9.18 Å². The number of nitrogens with zero attached hydrogens (tertiary/aromatic N) is 4. The van der Waals surface area contributed by atoms with Crippen molar-refractivity contribution in [2.45, 2.75) is 0 Å². The number of anilines is 2. The molecular weight excluding hydrogens is 349 g/mol. The number of aromatic amines is 1. The van der Waals surface area contributed by atoms with Crippen LogP contribution >= 0.6 is 0 Å². The van der Waals surface area contributed by atoms with E-state index in [0.717, 1.165) is 11.1 Å². The number of nitrogens with two attached hydrogens (primary N) is 2. The lowest BCUT2D eigenvalue weighted by Crippen LogP contribution is -2.15. The number of nitrogen functional groups attached to an aromatic ring is 2. The number of hydrogen-bond donors (Lipinski definition) is 3. The third-order valence-corrected chi connectivity index (χ3v) is 3.98. The van der Waals surface area contributed by atoms with Gasteiger partial charge in [0.15, 0.2) is 5.82 Å². The van der Waals surface area contributed by atoms with Gasteiger partial charge in [0, 0.05) is 29.6 Å². The summed E-state index contributed by atoms with van der Waals surface area (Å²) in [6.45, 7) is 0. The highest BCUT2D eigenvalue weighted by Gasteiger charge is 2.16. The first-order chi connectivity index (χ1) is 13.0. The second-order valence-corrected chi connectivity index (χ2v) is 5.82. The lowest BCUT2D eigenvalue weighted by Gasteiger charge is -2.03. The summed E-state index contributed by atoms with van der Waals surface area (Å²) in [4.78, 5) is 15.5. The Labute approximate surface area is 152 Å². The van der Waals surface area contributed by atoms with Gasteiger partial charge in [0.05, 0.1) is 0 Å². The first-order valence-electron chi connectivity index (χ1n) is 7.94. The van der Waals surface area contributed by atoms with E-state index in [1.54, 1.807) is 36.7 Å². The second-order valence-electron chi connectivity index (χ2n) is 5.82. The molecule has 5 N–H and O–H groups in total. The van der Waals surface area contributed by atoms with Crippen LogP contribution in [0.15, 0.2) is 59.7 Å². The molecule has 0 saturated heterocycles. The number of H-pyrrole nitrogens is 1. The Morgan fingerprint density at radius 2 is 1.81 bits per heavy atom. The summed E-state index contributed by atoms with van der Waals surface area (Å²) in [5.41, 5.74) is 13.8. The van der Waals surface area contributed by atoms with Crippen molar-refractivity contribution in [3.8, 4) is 28.2 Å². The van der Waals surface area contributed by atoms with E-state index in [2.05, 4.69) is 20.3 Å². The van der Waals surface area contributed by atoms with Crippen LogP contribution in [0.4, 0.5) is 15.9 Å². The molecule has 0 aliphatic heterocycles. The fraction of sp³-hybridized carbons (Fsp3) is 0. The van der Waals surface area contributed by atoms with Gasteiger partial charge in [-0.2, -0.15) is 10.2 Å². The Balaban J connectivity index is 1.92. The minimum atomic E-state index is -0.480. The number of nitrogens with one attached hydrogen (secondary N) is 1. The van der Waals surface area contributed by atoms with Crippen LogP contribution in [0.1, 0.15) is 0 Å². The van der Waals surface area contributed by atoms with E-state index in [-0.39, 0.29) is 11.5 Å². The summed E-state index contributed by atoms with van der Waals surface area (Å²) in [5, 5.41) is 10.8. The van der Waals surface area contributed by atoms with E-state index in [0.29, 0.717) is 22.9 Å². The Hall–Kier alpha value is -4.01. The van der Waals surface area contributed by atoms with Crippen molar-refractivity contribution in [2.75, 3.05) is 11.5 Å². The van der Waals surface area contributed by atoms with Crippen molar-refractivity contribution >= 4 is 11.5 Å². The molecule has 1 aromatic carbocycles. The molecule has 0 spiro atoms. The van der Waals surface area contributed by atoms with Gasteiger partial charge in [-0.15, -0.1) is 0 Å². The van der Waals surface area contributed by atoms with Gasteiger partial charge in [0.25, 0.3) is 5.56 Å². The maximum atomic E-state index is 13.3. The smallest absolute Gasteiger partial charge is 0.287 e. The zero-order chi connectivity index (χ0) is 19.0. The van der Waals surface area contributed by atoms with Crippen LogP contribution in [0, 0.1) is 5.82 Å². The van der Waals surface area contributed by atoms with Gasteiger partial charge in [-0.25, -0.2) is 19.2 Å². The molecule has 4 aromatic rings. The van der Waals surface area contributed by atoms with Crippen LogP contribution in [0.2, 0.25) is 0 Å². The molecule has 27 heavy (non-hydrogen) atoms. The summed E-state index contributed by atoms with van der Waals surface area (Å²) < 4.78 is 14.8. The quantitative estimate of drug-likeness (QED) is 0.510. The Bertz CT molecular complexity index is 1180. The monoisotopic (exact) mass is 363 g/mol. The van der Waals surface area contributed by atoms with Gasteiger partial charge in [0.1, 0.15) is 23.0 Å². The number of rotatable bonds is 3. The maximum Gasteiger partial charge on any atom is 0.287 e. The first kappa shape index (κ1) is 16.5. The molecule has 4 rings (SSSR count). The highest BCUT2D eigenvalue weighted by Crippen LogP contribution is 2.32. The predicted molar refractivity (Wildman–Crippen MR) is 99.4 cm³/mol. The van der Waals surface area contributed by atoms with Crippen LogP contribution in [0.3, 0.4) is 0 Å². The fourth-order valence-electron chi connectivity index (χ4n) is 2.67. The van der Waals surface area contributed by atoms with Gasteiger partial charge in [-0.05, 0) is 42.0 Å². The minimum Gasteiger partial charge on any atom is -0.394 e. The molecule has 3 heterocycles. The van der Waals surface area contributed by atoms with E-state index in [1.165, 1.54) is 22.9 Å². The number of halogens is 1. The zero-order valence-electron chi connectivity index (χ0n) is 13.9. The highest BCUT2D eigenvalue weighted by molar-refractivity contribution is 5.81. The molecule has 0 atom stereocenters. The van der Waals surface area contributed by atoms with Crippen molar-refractivity contribution in [1.29, 1.82) is 0 Å². The SMILES string of the molecule is Nc1cc(-c2cn(-c3cc(N)c(=O)[nH]n3)nc2-c2ccc(F)cc2)ccn1. The van der Waals surface area contributed by atoms with Gasteiger partial charge in [-0.3, -0.25) is 4.79 Å². The standard InChI is InChI=1S/C18H14FN7O/c19-12-3-1-10(2-4-12)17-13(11-5-6-22-15(21)7-11)9-26(25-17)16-8-14(20)18(27)24-23-16/h1-9H,(H2,20,23)(H2,21,22)(H,24,27). The van der Waals surface area contributed by atoms with Gasteiger partial charge in [0.2, 0.25) is 0 Å². The topological polar surface area (TPSA) is 128 Å². The summed E-state index contributed by atoms with van der Waals surface area (Å²) in [7, 11) is 0. The maximum absolute atomic E-state index is 13.3. The summed E-state index contributed by atoms with van der Waals surface area (Å²) >= 11 is 0. The third-order valence-electron chi connectivity index (χ3n) is 3.98. The van der Waals surface area contributed by atoms with E-state index in [1.807, 2.05) is 0 Å². The zero-order valence-corrected chi connectivity index (χ0v) is 13.9. The molecule has 9 heteroatoms. The normalized spacial score (nSPS) is 10.9. The predicted octanol–water partition coefficient (Wildman–Crippen LogP) is 1.99. The Morgan fingerprint density at radius 3 is 2.52 bits per heavy atom. The summed E-state index contributed by atoms with van der Waals surface area (Å²) in [5.74, 6) is 0.350. The van der Waals surface area contributed by atoms with Crippen molar-refractivity contribution < 1.29 is 4.39 Å². The van der Waals surface area contributed by atoms with Crippen molar-refractivity contribution in [3.63, 3.8) is 0 Å². The second kappa shape index (κ2) is 6.37. The molecule has 0 radical (unpaired) electrons. The van der Waals surface area contributed by atoms with E-state index >= 15 is 0 Å².